The molecule has 2 N–H and O–H groups in total. The summed E-state index contributed by atoms with van der Waals surface area (Å²) in [5.41, 5.74) is 2.24. The highest BCUT2D eigenvalue weighted by atomic mass is 127. The van der Waals surface area contributed by atoms with E-state index in [1.165, 1.54) is 0 Å². The Bertz CT molecular complexity index is 480. The second kappa shape index (κ2) is 10.4. The molecule has 0 atom stereocenters. The number of nitrogens with zero attached hydrogens (tertiary/aromatic N) is 1. The Morgan fingerprint density at radius 3 is 2.70 bits per heavy atom. The first-order chi connectivity index (χ1) is 9.21. The van der Waals surface area contributed by atoms with E-state index in [4.69, 9.17) is 11.2 Å². The first kappa shape index (κ1) is 18.6. The average molecular weight is 387 g/mol. The van der Waals surface area contributed by atoms with Crippen molar-refractivity contribution in [3.05, 3.63) is 29.3 Å². The summed E-state index contributed by atoms with van der Waals surface area (Å²) in [5.74, 6) is 4.15. The number of ether oxygens (including phenoxy) is 1. The van der Waals surface area contributed by atoms with E-state index in [2.05, 4.69) is 27.6 Å². The van der Waals surface area contributed by atoms with Gasteiger partial charge in [0.1, 0.15) is 5.75 Å². The number of nitrogens with one attached hydrogen (secondary N) is 2. The van der Waals surface area contributed by atoms with Crippen LogP contribution in [0.1, 0.15) is 18.1 Å². The second-order valence-corrected chi connectivity index (χ2v) is 4.06. The Labute approximate surface area is 138 Å². The van der Waals surface area contributed by atoms with E-state index in [0.717, 1.165) is 29.4 Å². The van der Waals surface area contributed by atoms with Gasteiger partial charge in [-0.25, -0.2) is 4.99 Å². The van der Waals surface area contributed by atoms with Crippen molar-refractivity contribution in [3.8, 4) is 18.1 Å². The monoisotopic (exact) mass is 387 g/mol. The standard InChI is InChI=1S/C15H21N3O.HI/c1-5-9-17-15(16-6-2)18-11-13-7-8-14(19-4)12(3)10-13;/h1,7-8,10H,6,9,11H2,2-4H3,(H2,16,17,18);1H. The molecule has 0 radical (unpaired) electrons. The minimum absolute atomic E-state index is 0. The van der Waals surface area contributed by atoms with Crippen molar-refractivity contribution in [2.45, 2.75) is 20.4 Å². The molecule has 0 aliphatic rings. The predicted octanol–water partition coefficient (Wildman–Crippen LogP) is 2.31. The van der Waals surface area contributed by atoms with Crippen molar-refractivity contribution >= 4 is 29.9 Å². The third-order valence-corrected chi connectivity index (χ3v) is 2.58. The van der Waals surface area contributed by atoms with Crippen molar-refractivity contribution in [2.75, 3.05) is 20.2 Å². The third kappa shape index (κ3) is 6.15. The Balaban J connectivity index is 0.00000361. The van der Waals surface area contributed by atoms with Crippen LogP contribution in [0.2, 0.25) is 0 Å². The van der Waals surface area contributed by atoms with Crippen molar-refractivity contribution in [1.82, 2.24) is 10.6 Å². The number of rotatable bonds is 5. The van der Waals surface area contributed by atoms with Crippen LogP contribution < -0.4 is 15.4 Å². The zero-order valence-corrected chi connectivity index (χ0v) is 14.5. The normalized spacial score (nSPS) is 10.2. The quantitative estimate of drug-likeness (QED) is 0.353. The Hall–Kier alpha value is -1.42. The van der Waals surface area contributed by atoms with E-state index in [0.29, 0.717) is 13.1 Å². The van der Waals surface area contributed by atoms with Gasteiger partial charge in [0, 0.05) is 6.54 Å². The number of aryl methyl sites for hydroxylation is 1. The highest BCUT2D eigenvalue weighted by molar-refractivity contribution is 14.0. The van der Waals surface area contributed by atoms with Gasteiger partial charge in [-0.2, -0.15) is 0 Å². The first-order valence-corrected chi connectivity index (χ1v) is 6.30. The molecule has 0 saturated carbocycles. The Morgan fingerprint density at radius 2 is 2.15 bits per heavy atom. The second-order valence-electron chi connectivity index (χ2n) is 4.06. The van der Waals surface area contributed by atoms with E-state index in [1.54, 1.807) is 7.11 Å². The van der Waals surface area contributed by atoms with Crippen LogP contribution >= 0.6 is 24.0 Å². The lowest BCUT2D eigenvalue weighted by atomic mass is 10.1. The minimum atomic E-state index is 0. The summed E-state index contributed by atoms with van der Waals surface area (Å²) in [6, 6.07) is 6.05. The summed E-state index contributed by atoms with van der Waals surface area (Å²) in [6.45, 7) is 5.91. The van der Waals surface area contributed by atoms with Crippen LogP contribution in [-0.4, -0.2) is 26.2 Å². The van der Waals surface area contributed by atoms with Gasteiger partial charge in [0.2, 0.25) is 0 Å². The van der Waals surface area contributed by atoms with Crippen molar-refractivity contribution < 1.29 is 4.74 Å². The SMILES string of the molecule is C#CCNC(=NCc1ccc(OC)c(C)c1)NCC.I. The lowest BCUT2D eigenvalue weighted by Crippen LogP contribution is -2.37. The molecule has 20 heavy (non-hydrogen) atoms. The molecule has 1 aromatic carbocycles. The number of guanidine groups is 1. The number of hydrogen-bond acceptors (Lipinski definition) is 2. The van der Waals surface area contributed by atoms with Gasteiger partial charge in [-0.1, -0.05) is 18.1 Å². The molecule has 0 aliphatic carbocycles. The van der Waals surface area contributed by atoms with E-state index >= 15 is 0 Å². The van der Waals surface area contributed by atoms with Crippen LogP contribution in [0.5, 0.6) is 5.75 Å². The molecule has 0 unspecified atom stereocenters. The average Bonchev–Trinajstić information content (AvgIpc) is 2.42. The van der Waals surface area contributed by atoms with Crippen molar-refractivity contribution in [2.24, 2.45) is 4.99 Å². The smallest absolute Gasteiger partial charge is 0.192 e. The summed E-state index contributed by atoms with van der Waals surface area (Å²) in [7, 11) is 1.67. The van der Waals surface area contributed by atoms with Crippen molar-refractivity contribution in [1.29, 1.82) is 0 Å². The molecule has 0 aromatic heterocycles. The molecule has 0 amide bonds. The molecule has 1 rings (SSSR count). The van der Waals surface area contributed by atoms with Crippen LogP contribution in [0.3, 0.4) is 0 Å². The lowest BCUT2D eigenvalue weighted by Gasteiger charge is -2.09. The van der Waals surface area contributed by atoms with E-state index < -0.39 is 0 Å². The number of halogens is 1. The minimum Gasteiger partial charge on any atom is -0.496 e. The van der Waals surface area contributed by atoms with E-state index in [9.17, 15) is 0 Å². The van der Waals surface area contributed by atoms with Crippen LogP contribution in [0.15, 0.2) is 23.2 Å². The number of terminal acetylenes is 1. The van der Waals surface area contributed by atoms with Crippen molar-refractivity contribution in [3.63, 3.8) is 0 Å². The fourth-order valence-electron chi connectivity index (χ4n) is 1.69. The van der Waals surface area contributed by atoms with Crippen LogP contribution in [0.4, 0.5) is 0 Å². The fraction of sp³-hybridized carbons (Fsp3) is 0.400. The van der Waals surface area contributed by atoms with Gasteiger partial charge in [0.15, 0.2) is 5.96 Å². The molecule has 0 fully saturated rings. The number of aliphatic imine (C=N–C) groups is 1. The topological polar surface area (TPSA) is 45.7 Å². The van der Waals surface area contributed by atoms with Crippen LogP contribution in [0.25, 0.3) is 0 Å². The summed E-state index contributed by atoms with van der Waals surface area (Å²) < 4.78 is 5.23. The van der Waals surface area contributed by atoms with Crippen LogP contribution in [-0.2, 0) is 6.54 Å². The predicted molar refractivity (Wildman–Crippen MR) is 94.8 cm³/mol. The van der Waals surface area contributed by atoms with Gasteiger partial charge in [0.05, 0.1) is 20.2 Å². The fourth-order valence-corrected chi connectivity index (χ4v) is 1.69. The van der Waals surface area contributed by atoms with Gasteiger partial charge in [-0.3, -0.25) is 0 Å². The third-order valence-electron chi connectivity index (χ3n) is 2.58. The molecule has 0 heterocycles. The molecular formula is C15H22IN3O. The zero-order chi connectivity index (χ0) is 14.1. The molecule has 5 heteroatoms. The maximum absolute atomic E-state index is 5.23. The first-order valence-electron chi connectivity index (χ1n) is 6.30. The molecule has 0 spiro atoms. The van der Waals surface area contributed by atoms with Gasteiger partial charge in [0.25, 0.3) is 0 Å². The molecule has 4 nitrogen and oxygen atoms in total. The van der Waals surface area contributed by atoms with Gasteiger partial charge in [-0.05, 0) is 31.0 Å². The maximum atomic E-state index is 5.23. The Kier molecular flexibility index (Phi) is 9.64. The summed E-state index contributed by atoms with van der Waals surface area (Å²) in [4.78, 5) is 4.48. The molecule has 0 aliphatic heterocycles. The molecule has 110 valence electrons. The maximum Gasteiger partial charge on any atom is 0.192 e. The van der Waals surface area contributed by atoms with Crippen LogP contribution in [0, 0.1) is 19.3 Å². The molecular weight excluding hydrogens is 365 g/mol. The van der Waals surface area contributed by atoms with Gasteiger partial charge in [-0.15, -0.1) is 30.4 Å². The highest BCUT2D eigenvalue weighted by Crippen LogP contribution is 2.18. The molecule has 0 bridgehead atoms. The number of benzene rings is 1. The summed E-state index contributed by atoms with van der Waals surface area (Å²) >= 11 is 0. The zero-order valence-electron chi connectivity index (χ0n) is 12.2. The summed E-state index contributed by atoms with van der Waals surface area (Å²) in [5, 5.41) is 6.20. The Morgan fingerprint density at radius 1 is 1.40 bits per heavy atom. The van der Waals surface area contributed by atoms with E-state index in [1.807, 2.05) is 26.0 Å². The number of methoxy groups -OCH3 is 1. The molecule has 1 aromatic rings. The number of hydrogen-bond donors (Lipinski definition) is 2. The summed E-state index contributed by atoms with van der Waals surface area (Å²) in [6.07, 6.45) is 5.22. The van der Waals surface area contributed by atoms with E-state index in [-0.39, 0.29) is 24.0 Å². The highest BCUT2D eigenvalue weighted by Gasteiger charge is 2.00. The lowest BCUT2D eigenvalue weighted by molar-refractivity contribution is 0.411. The largest absolute Gasteiger partial charge is 0.496 e. The van der Waals surface area contributed by atoms with Gasteiger partial charge < -0.3 is 15.4 Å². The molecule has 0 saturated heterocycles. The van der Waals surface area contributed by atoms with Gasteiger partial charge >= 0.3 is 0 Å².